The molecule has 0 saturated carbocycles. The molecule has 0 bridgehead atoms. The minimum atomic E-state index is -3.23. The lowest BCUT2D eigenvalue weighted by Crippen LogP contribution is -1.95. The molecule has 0 aliphatic rings. The molecule has 0 atom stereocenters. The fraction of sp³-hybridized carbons (Fsp3) is 0.111. The number of aromatic nitrogens is 5. The third-order valence-electron chi connectivity index (χ3n) is 2.16. The van der Waals surface area contributed by atoms with Crippen molar-refractivity contribution in [3.63, 3.8) is 0 Å². The molecule has 11 heteroatoms. The number of rotatable bonds is 4. The molecule has 0 N–H and O–H groups in total. The van der Waals surface area contributed by atoms with Crippen LogP contribution in [0.4, 0.5) is 0 Å². The van der Waals surface area contributed by atoms with E-state index in [0.29, 0.717) is 9.50 Å². The monoisotopic (exact) mass is 345 g/mol. The summed E-state index contributed by atoms with van der Waals surface area (Å²) in [5.74, 6) is 0. The summed E-state index contributed by atoms with van der Waals surface area (Å²) in [6, 6.07) is 3.80. The summed E-state index contributed by atoms with van der Waals surface area (Å²) in [4.78, 5) is 4.08. The van der Waals surface area contributed by atoms with Gasteiger partial charge in [0, 0.05) is 6.26 Å². The van der Waals surface area contributed by atoms with E-state index in [-0.39, 0.29) is 4.21 Å². The van der Waals surface area contributed by atoms with E-state index in [1.54, 1.807) is 4.68 Å². The summed E-state index contributed by atoms with van der Waals surface area (Å²) in [5.41, 5.74) is 0. The lowest BCUT2D eigenvalue weighted by Gasteiger charge is -1.98. The molecule has 0 aromatic carbocycles. The van der Waals surface area contributed by atoms with E-state index in [2.05, 4.69) is 20.5 Å². The largest absolute Gasteiger partial charge is 0.236 e. The first kappa shape index (κ1) is 13.7. The third kappa shape index (κ3) is 2.75. The van der Waals surface area contributed by atoms with Gasteiger partial charge in [0.25, 0.3) is 0 Å². The highest BCUT2D eigenvalue weighted by Crippen LogP contribution is 2.32. The second-order valence-corrected chi connectivity index (χ2v) is 9.06. The predicted molar refractivity (Wildman–Crippen MR) is 76.4 cm³/mol. The summed E-state index contributed by atoms with van der Waals surface area (Å²) >= 11 is 3.84. The van der Waals surface area contributed by atoms with Crippen molar-refractivity contribution in [3.8, 4) is 5.00 Å². The number of thiazole rings is 1. The molecular weight excluding hydrogens is 338 g/mol. The van der Waals surface area contributed by atoms with Gasteiger partial charge in [-0.25, -0.2) is 13.4 Å². The molecular formula is C9H7N5O2S4. The summed E-state index contributed by atoms with van der Waals surface area (Å²) in [7, 11) is -3.23. The van der Waals surface area contributed by atoms with Gasteiger partial charge in [0.15, 0.2) is 14.2 Å². The molecule has 104 valence electrons. The van der Waals surface area contributed by atoms with Crippen LogP contribution in [0.25, 0.3) is 5.00 Å². The Balaban J connectivity index is 1.89. The van der Waals surface area contributed by atoms with Crippen LogP contribution in [0.15, 0.2) is 37.4 Å². The van der Waals surface area contributed by atoms with Crippen LogP contribution in [-0.4, -0.2) is 39.9 Å². The molecule has 0 amide bonds. The van der Waals surface area contributed by atoms with Crippen LogP contribution < -0.4 is 0 Å². The zero-order valence-corrected chi connectivity index (χ0v) is 13.3. The molecule has 0 fully saturated rings. The molecule has 7 nitrogen and oxygen atoms in total. The Hall–Kier alpha value is -1.30. The molecule has 0 aliphatic carbocycles. The number of tetrazole rings is 1. The average Bonchev–Trinajstić information content (AvgIpc) is 3.08. The number of hydrogen-bond acceptors (Lipinski definition) is 9. The van der Waals surface area contributed by atoms with Gasteiger partial charge in [0.05, 0.1) is 6.20 Å². The molecule has 0 saturated heterocycles. The van der Waals surface area contributed by atoms with Crippen molar-refractivity contribution in [2.45, 2.75) is 13.7 Å². The number of thiophene rings is 1. The van der Waals surface area contributed by atoms with Crippen LogP contribution >= 0.6 is 34.4 Å². The minimum absolute atomic E-state index is 0.232. The number of sulfone groups is 1. The van der Waals surface area contributed by atoms with Gasteiger partial charge >= 0.3 is 0 Å². The fourth-order valence-corrected chi connectivity index (χ4v) is 4.89. The first-order valence-electron chi connectivity index (χ1n) is 5.20. The average molecular weight is 345 g/mol. The summed E-state index contributed by atoms with van der Waals surface area (Å²) in [5, 5.41) is 14.8. The second-order valence-electron chi connectivity index (χ2n) is 3.64. The van der Waals surface area contributed by atoms with E-state index in [1.807, 2.05) is 17.5 Å². The van der Waals surface area contributed by atoms with Gasteiger partial charge in [-0.15, -0.1) is 16.4 Å². The van der Waals surface area contributed by atoms with Crippen LogP contribution in [0.2, 0.25) is 0 Å². The Labute approximate surface area is 126 Å². The Morgan fingerprint density at radius 2 is 2.25 bits per heavy atom. The van der Waals surface area contributed by atoms with Gasteiger partial charge < -0.3 is 0 Å². The van der Waals surface area contributed by atoms with Crippen molar-refractivity contribution in [1.82, 2.24) is 25.2 Å². The van der Waals surface area contributed by atoms with Crippen LogP contribution in [0.1, 0.15) is 0 Å². The van der Waals surface area contributed by atoms with Crippen molar-refractivity contribution in [2.24, 2.45) is 0 Å². The zero-order chi connectivity index (χ0) is 14.2. The molecule has 20 heavy (non-hydrogen) atoms. The smallest absolute Gasteiger partial charge is 0.221 e. The Bertz CT molecular complexity index is 820. The first-order valence-corrected chi connectivity index (χ1v) is 9.60. The van der Waals surface area contributed by atoms with Crippen molar-refractivity contribution in [1.29, 1.82) is 0 Å². The van der Waals surface area contributed by atoms with E-state index in [9.17, 15) is 8.42 Å². The van der Waals surface area contributed by atoms with E-state index < -0.39 is 9.84 Å². The van der Waals surface area contributed by atoms with Gasteiger partial charge in [-0.3, -0.25) is 0 Å². The normalized spacial score (nSPS) is 11.8. The van der Waals surface area contributed by atoms with Gasteiger partial charge in [-0.2, -0.15) is 4.68 Å². The SMILES string of the molecule is CS(=O)(=O)c1cnc(Sc2nnnn2-c2cccs2)s1. The molecule has 0 spiro atoms. The zero-order valence-electron chi connectivity index (χ0n) is 9.99. The lowest BCUT2D eigenvalue weighted by atomic mass is 10.6. The van der Waals surface area contributed by atoms with E-state index in [0.717, 1.165) is 22.6 Å². The molecule has 3 heterocycles. The lowest BCUT2D eigenvalue weighted by molar-refractivity contribution is 0.603. The third-order valence-corrected chi connectivity index (χ3v) is 6.81. The van der Waals surface area contributed by atoms with Crippen molar-refractivity contribution in [2.75, 3.05) is 6.26 Å². The van der Waals surface area contributed by atoms with Gasteiger partial charge in [-0.1, -0.05) is 11.3 Å². The van der Waals surface area contributed by atoms with Crippen molar-refractivity contribution >= 4 is 44.3 Å². The molecule has 3 aromatic heterocycles. The quantitative estimate of drug-likeness (QED) is 0.711. The second kappa shape index (κ2) is 5.24. The highest BCUT2D eigenvalue weighted by molar-refractivity contribution is 8.01. The first-order chi connectivity index (χ1) is 9.54. The molecule has 3 rings (SSSR count). The maximum atomic E-state index is 11.4. The topological polar surface area (TPSA) is 90.6 Å². The van der Waals surface area contributed by atoms with Crippen molar-refractivity contribution < 1.29 is 8.42 Å². The van der Waals surface area contributed by atoms with Crippen molar-refractivity contribution in [3.05, 3.63) is 23.7 Å². The van der Waals surface area contributed by atoms with Crippen LogP contribution in [0.3, 0.4) is 0 Å². The molecule has 0 radical (unpaired) electrons. The van der Waals surface area contributed by atoms with Gasteiger partial charge in [-0.05, 0) is 39.7 Å². The van der Waals surface area contributed by atoms with E-state index in [1.165, 1.54) is 29.3 Å². The maximum absolute atomic E-state index is 11.4. The van der Waals surface area contributed by atoms with Crippen LogP contribution in [0.5, 0.6) is 0 Å². The highest BCUT2D eigenvalue weighted by atomic mass is 32.2. The predicted octanol–water partition coefficient (Wildman–Crippen LogP) is 1.74. The maximum Gasteiger partial charge on any atom is 0.221 e. The van der Waals surface area contributed by atoms with Gasteiger partial charge in [0.2, 0.25) is 5.16 Å². The van der Waals surface area contributed by atoms with E-state index >= 15 is 0 Å². The number of nitrogens with zero attached hydrogens (tertiary/aromatic N) is 5. The van der Waals surface area contributed by atoms with E-state index in [4.69, 9.17) is 0 Å². The Kier molecular flexibility index (Phi) is 3.58. The number of hydrogen-bond donors (Lipinski definition) is 0. The molecule has 0 unspecified atom stereocenters. The standard InChI is InChI=1S/C9H7N5O2S4/c1-20(15,16)7-5-10-9(18-7)19-8-11-12-13-14(8)6-3-2-4-17-6/h2-5H,1H3. The summed E-state index contributed by atoms with van der Waals surface area (Å²) in [6.07, 6.45) is 2.51. The summed E-state index contributed by atoms with van der Waals surface area (Å²) in [6.45, 7) is 0. The minimum Gasteiger partial charge on any atom is -0.236 e. The Morgan fingerprint density at radius 3 is 2.90 bits per heavy atom. The van der Waals surface area contributed by atoms with Crippen LogP contribution in [0, 0.1) is 0 Å². The molecule has 0 aliphatic heterocycles. The summed E-state index contributed by atoms with van der Waals surface area (Å²) < 4.78 is 25.2. The van der Waals surface area contributed by atoms with Crippen LogP contribution in [-0.2, 0) is 9.84 Å². The van der Waals surface area contributed by atoms with Gasteiger partial charge in [0.1, 0.15) is 9.21 Å². The fourth-order valence-electron chi connectivity index (χ4n) is 1.31. The molecule has 3 aromatic rings. The highest BCUT2D eigenvalue weighted by Gasteiger charge is 2.16. The Morgan fingerprint density at radius 1 is 1.40 bits per heavy atom.